The standard InChI is InChI=1S/C13H13BrN2O4/c14-9-3-1-7(2-4-9)11(13(19)20)16-6-8(12(15)18)5-10(16)17/h1-4,8,11H,5-6H2,(H2,15,18)(H,19,20). The lowest BCUT2D eigenvalue weighted by Gasteiger charge is -2.24. The Morgan fingerprint density at radius 1 is 1.35 bits per heavy atom. The minimum atomic E-state index is -1.13. The van der Waals surface area contributed by atoms with E-state index in [9.17, 15) is 19.5 Å². The average molecular weight is 341 g/mol. The Labute approximate surface area is 123 Å². The third kappa shape index (κ3) is 2.82. The van der Waals surface area contributed by atoms with Crippen molar-refractivity contribution in [2.75, 3.05) is 6.54 Å². The fourth-order valence-electron chi connectivity index (χ4n) is 2.27. The first-order valence-corrected chi connectivity index (χ1v) is 6.76. The molecule has 106 valence electrons. The average Bonchev–Trinajstić information content (AvgIpc) is 2.74. The van der Waals surface area contributed by atoms with Crippen molar-refractivity contribution in [3.63, 3.8) is 0 Å². The predicted molar refractivity (Wildman–Crippen MR) is 73.5 cm³/mol. The zero-order valence-corrected chi connectivity index (χ0v) is 12.0. The van der Waals surface area contributed by atoms with Gasteiger partial charge < -0.3 is 15.7 Å². The molecular formula is C13H13BrN2O4. The molecule has 2 amide bonds. The number of primary amides is 1. The van der Waals surface area contributed by atoms with Gasteiger partial charge >= 0.3 is 5.97 Å². The van der Waals surface area contributed by atoms with Crippen LogP contribution < -0.4 is 5.73 Å². The van der Waals surface area contributed by atoms with Crippen LogP contribution >= 0.6 is 15.9 Å². The molecule has 3 N–H and O–H groups in total. The molecule has 1 aliphatic rings. The second-order valence-electron chi connectivity index (χ2n) is 4.64. The van der Waals surface area contributed by atoms with Crippen molar-refractivity contribution in [2.45, 2.75) is 12.5 Å². The lowest BCUT2D eigenvalue weighted by atomic mass is 10.1. The molecule has 7 heteroatoms. The summed E-state index contributed by atoms with van der Waals surface area (Å²) in [6.07, 6.45) is -0.0321. The van der Waals surface area contributed by atoms with Crippen LogP contribution in [0.4, 0.5) is 0 Å². The van der Waals surface area contributed by atoms with Crippen molar-refractivity contribution in [3.8, 4) is 0 Å². The maximum absolute atomic E-state index is 11.9. The Morgan fingerprint density at radius 3 is 2.40 bits per heavy atom. The number of carbonyl (C=O) groups excluding carboxylic acids is 2. The van der Waals surface area contributed by atoms with Crippen LogP contribution in [-0.4, -0.2) is 34.3 Å². The fraction of sp³-hybridized carbons (Fsp3) is 0.308. The first-order chi connectivity index (χ1) is 9.40. The van der Waals surface area contributed by atoms with Crippen LogP contribution in [0.3, 0.4) is 0 Å². The Balaban J connectivity index is 2.30. The molecule has 1 aromatic rings. The van der Waals surface area contributed by atoms with Gasteiger partial charge in [0.1, 0.15) is 0 Å². The van der Waals surface area contributed by atoms with Gasteiger partial charge in [-0.1, -0.05) is 28.1 Å². The number of carboxylic acids is 1. The van der Waals surface area contributed by atoms with Crippen molar-refractivity contribution >= 4 is 33.7 Å². The van der Waals surface area contributed by atoms with Crippen molar-refractivity contribution in [2.24, 2.45) is 11.7 Å². The van der Waals surface area contributed by atoms with E-state index in [0.717, 1.165) is 4.47 Å². The molecule has 1 fully saturated rings. The maximum Gasteiger partial charge on any atom is 0.331 e. The van der Waals surface area contributed by atoms with Gasteiger partial charge in [0.15, 0.2) is 6.04 Å². The van der Waals surface area contributed by atoms with Crippen molar-refractivity contribution in [1.29, 1.82) is 0 Å². The van der Waals surface area contributed by atoms with E-state index in [2.05, 4.69) is 15.9 Å². The molecule has 0 spiro atoms. The Hall–Kier alpha value is -1.89. The minimum Gasteiger partial charge on any atom is -0.479 e. The molecule has 0 saturated carbocycles. The van der Waals surface area contributed by atoms with E-state index in [4.69, 9.17) is 5.73 Å². The Bertz CT molecular complexity index is 558. The van der Waals surface area contributed by atoms with Gasteiger partial charge in [-0.3, -0.25) is 9.59 Å². The van der Waals surface area contributed by atoms with Crippen molar-refractivity contribution in [3.05, 3.63) is 34.3 Å². The molecule has 1 heterocycles. The molecule has 6 nitrogen and oxygen atoms in total. The number of carbonyl (C=O) groups is 3. The molecule has 2 unspecified atom stereocenters. The van der Waals surface area contributed by atoms with Crippen LogP contribution in [0.2, 0.25) is 0 Å². The second-order valence-corrected chi connectivity index (χ2v) is 5.56. The zero-order chi connectivity index (χ0) is 14.9. The first-order valence-electron chi connectivity index (χ1n) is 5.97. The topological polar surface area (TPSA) is 101 Å². The van der Waals surface area contributed by atoms with Crippen LogP contribution in [-0.2, 0) is 14.4 Å². The highest BCUT2D eigenvalue weighted by molar-refractivity contribution is 9.10. The van der Waals surface area contributed by atoms with Gasteiger partial charge in [-0.05, 0) is 17.7 Å². The number of hydrogen-bond acceptors (Lipinski definition) is 3. The predicted octanol–water partition coefficient (Wildman–Crippen LogP) is 0.909. The molecule has 1 aromatic carbocycles. The monoisotopic (exact) mass is 340 g/mol. The molecule has 1 aliphatic heterocycles. The van der Waals surface area contributed by atoms with E-state index < -0.39 is 23.8 Å². The minimum absolute atomic E-state index is 0.0321. The summed E-state index contributed by atoms with van der Waals surface area (Å²) in [6, 6.07) is 5.58. The van der Waals surface area contributed by atoms with Gasteiger partial charge in [-0.15, -0.1) is 0 Å². The molecule has 20 heavy (non-hydrogen) atoms. The summed E-state index contributed by atoms with van der Waals surface area (Å²) >= 11 is 3.27. The van der Waals surface area contributed by atoms with Gasteiger partial charge in [0, 0.05) is 17.4 Å². The molecule has 1 saturated heterocycles. The van der Waals surface area contributed by atoms with Gasteiger partial charge in [-0.25, -0.2) is 4.79 Å². The largest absolute Gasteiger partial charge is 0.479 e. The van der Waals surface area contributed by atoms with E-state index in [1.54, 1.807) is 24.3 Å². The van der Waals surface area contributed by atoms with E-state index in [1.807, 2.05) is 0 Å². The normalized spacial score (nSPS) is 19.9. The SMILES string of the molecule is NC(=O)C1CC(=O)N(C(C(=O)O)c2ccc(Br)cc2)C1. The highest BCUT2D eigenvalue weighted by atomic mass is 79.9. The van der Waals surface area contributed by atoms with E-state index in [1.165, 1.54) is 4.90 Å². The number of nitrogens with two attached hydrogens (primary N) is 1. The van der Waals surface area contributed by atoms with E-state index in [0.29, 0.717) is 5.56 Å². The maximum atomic E-state index is 11.9. The summed E-state index contributed by atoms with van der Waals surface area (Å²) in [5.74, 6) is -2.71. The molecule has 0 aromatic heterocycles. The number of likely N-dealkylation sites (tertiary alicyclic amines) is 1. The molecule has 0 bridgehead atoms. The number of halogens is 1. The fourth-order valence-corrected chi connectivity index (χ4v) is 2.54. The van der Waals surface area contributed by atoms with Crippen LogP contribution in [0.1, 0.15) is 18.0 Å². The van der Waals surface area contributed by atoms with Gasteiger partial charge in [0.2, 0.25) is 11.8 Å². The molecule has 2 rings (SSSR count). The highest BCUT2D eigenvalue weighted by Gasteiger charge is 2.40. The van der Waals surface area contributed by atoms with Crippen LogP contribution in [0.15, 0.2) is 28.7 Å². The molecule has 0 aliphatic carbocycles. The van der Waals surface area contributed by atoms with Gasteiger partial charge in [0.25, 0.3) is 0 Å². The number of benzene rings is 1. The molecular weight excluding hydrogens is 328 g/mol. The Kier molecular flexibility index (Phi) is 4.08. The van der Waals surface area contributed by atoms with E-state index in [-0.39, 0.29) is 18.9 Å². The summed E-state index contributed by atoms with van der Waals surface area (Å²) in [4.78, 5) is 35.7. The highest BCUT2D eigenvalue weighted by Crippen LogP contribution is 2.29. The number of carboxylic acid groups (broad SMARTS) is 1. The number of aliphatic carboxylic acids is 1. The number of hydrogen-bond donors (Lipinski definition) is 2. The number of amides is 2. The summed E-state index contributed by atoms with van der Waals surface area (Å²) in [6.45, 7) is 0.0429. The van der Waals surface area contributed by atoms with Gasteiger partial charge in [-0.2, -0.15) is 0 Å². The van der Waals surface area contributed by atoms with Crippen molar-refractivity contribution in [1.82, 2.24) is 4.90 Å². The van der Waals surface area contributed by atoms with Crippen molar-refractivity contribution < 1.29 is 19.5 Å². The third-order valence-electron chi connectivity index (χ3n) is 3.29. The summed E-state index contributed by atoms with van der Waals surface area (Å²) in [5, 5.41) is 9.38. The third-order valence-corrected chi connectivity index (χ3v) is 3.82. The van der Waals surface area contributed by atoms with Crippen LogP contribution in [0.5, 0.6) is 0 Å². The summed E-state index contributed by atoms with van der Waals surface area (Å²) in [5.41, 5.74) is 5.67. The second kappa shape index (κ2) is 5.62. The molecule has 2 atom stereocenters. The zero-order valence-electron chi connectivity index (χ0n) is 10.5. The first kappa shape index (κ1) is 14.5. The Morgan fingerprint density at radius 2 is 1.95 bits per heavy atom. The lowest BCUT2D eigenvalue weighted by Crippen LogP contribution is -2.36. The van der Waals surface area contributed by atoms with Gasteiger partial charge in [0.05, 0.1) is 5.92 Å². The molecule has 0 radical (unpaired) electrons. The number of nitrogens with zero attached hydrogens (tertiary/aromatic N) is 1. The van der Waals surface area contributed by atoms with E-state index >= 15 is 0 Å². The van der Waals surface area contributed by atoms with Crippen LogP contribution in [0.25, 0.3) is 0 Å². The smallest absolute Gasteiger partial charge is 0.331 e. The summed E-state index contributed by atoms with van der Waals surface area (Å²) in [7, 11) is 0. The number of rotatable bonds is 4. The quantitative estimate of drug-likeness (QED) is 0.850. The summed E-state index contributed by atoms with van der Waals surface area (Å²) < 4.78 is 0.813. The van der Waals surface area contributed by atoms with Crippen LogP contribution in [0, 0.1) is 5.92 Å². The lowest BCUT2D eigenvalue weighted by molar-refractivity contribution is -0.148.